The van der Waals surface area contributed by atoms with Crippen molar-refractivity contribution in [1.82, 2.24) is 10.2 Å². The van der Waals surface area contributed by atoms with Crippen LogP contribution in [0.15, 0.2) is 72.8 Å². The zero-order valence-corrected chi connectivity index (χ0v) is 24.7. The molecule has 0 saturated carbocycles. The van der Waals surface area contributed by atoms with Crippen molar-refractivity contribution in [2.24, 2.45) is 0 Å². The molecule has 9 nitrogen and oxygen atoms in total. The van der Waals surface area contributed by atoms with Crippen LogP contribution in [-0.4, -0.2) is 56.3 Å². The summed E-state index contributed by atoms with van der Waals surface area (Å²) in [6, 6.07) is 20.9. The Labute approximate surface area is 242 Å². The Bertz CT molecular complexity index is 1480. The number of rotatable bonds is 12. The smallest absolute Gasteiger partial charge is 0.244 e. The van der Waals surface area contributed by atoms with E-state index in [2.05, 4.69) is 5.32 Å². The highest BCUT2D eigenvalue weighted by Gasteiger charge is 2.34. The van der Waals surface area contributed by atoms with Gasteiger partial charge in [-0.05, 0) is 51.0 Å². The molecule has 3 aromatic carbocycles. The average molecular weight is 580 g/mol. The molecule has 1 heterocycles. The second-order valence-electron chi connectivity index (χ2n) is 10.3. The highest BCUT2D eigenvalue weighted by Crippen LogP contribution is 2.36. The van der Waals surface area contributed by atoms with Crippen molar-refractivity contribution >= 4 is 27.5 Å². The van der Waals surface area contributed by atoms with Crippen LogP contribution < -0.4 is 19.1 Å². The van der Waals surface area contributed by atoms with Crippen LogP contribution in [0.1, 0.15) is 37.5 Å². The largest absolute Gasteiger partial charge is 0.454 e. The summed E-state index contributed by atoms with van der Waals surface area (Å²) in [5.41, 5.74) is 3.01. The molecule has 1 aliphatic rings. The zero-order valence-electron chi connectivity index (χ0n) is 23.9. The van der Waals surface area contributed by atoms with E-state index in [0.717, 1.165) is 21.0 Å². The molecule has 10 heteroatoms. The second kappa shape index (κ2) is 13.1. The fourth-order valence-electron chi connectivity index (χ4n) is 4.70. The van der Waals surface area contributed by atoms with Crippen LogP contribution in [0.2, 0.25) is 0 Å². The molecule has 0 saturated heterocycles. The van der Waals surface area contributed by atoms with Crippen molar-refractivity contribution in [1.29, 1.82) is 0 Å². The Kier molecular flexibility index (Phi) is 9.54. The van der Waals surface area contributed by atoms with Gasteiger partial charge in [-0.1, -0.05) is 60.2 Å². The molecule has 0 spiro atoms. The summed E-state index contributed by atoms with van der Waals surface area (Å²) in [6.45, 7) is 6.89. The van der Waals surface area contributed by atoms with Crippen LogP contribution in [-0.2, 0) is 32.6 Å². The summed E-state index contributed by atoms with van der Waals surface area (Å²) in [7, 11) is -3.87. The molecule has 0 bridgehead atoms. The van der Waals surface area contributed by atoms with E-state index >= 15 is 0 Å². The predicted octanol–water partition coefficient (Wildman–Crippen LogP) is 4.04. The summed E-state index contributed by atoms with van der Waals surface area (Å²) < 4.78 is 38.5. The van der Waals surface area contributed by atoms with Crippen LogP contribution in [0.5, 0.6) is 11.5 Å². The van der Waals surface area contributed by atoms with E-state index in [1.807, 2.05) is 75.4 Å². The molecular formula is C31H37N3O6S. The third kappa shape index (κ3) is 7.58. The summed E-state index contributed by atoms with van der Waals surface area (Å²) in [5.74, 6) is -0.114. The maximum Gasteiger partial charge on any atom is 0.244 e. The van der Waals surface area contributed by atoms with E-state index < -0.39 is 28.5 Å². The summed E-state index contributed by atoms with van der Waals surface area (Å²) in [6.07, 6.45) is 0.265. The number of fused-ring (bicyclic) bond motifs is 1. The average Bonchev–Trinajstić information content (AvgIpc) is 3.41. The number of hydrogen-bond donors (Lipinski definition) is 1. The van der Waals surface area contributed by atoms with Crippen molar-refractivity contribution in [3.8, 4) is 11.5 Å². The van der Waals surface area contributed by atoms with Crippen LogP contribution in [0, 0.1) is 6.92 Å². The number of nitrogens with zero attached hydrogens (tertiary/aromatic N) is 2. The van der Waals surface area contributed by atoms with Gasteiger partial charge in [-0.2, -0.15) is 0 Å². The van der Waals surface area contributed by atoms with E-state index in [0.29, 0.717) is 11.5 Å². The topological polar surface area (TPSA) is 105 Å². The van der Waals surface area contributed by atoms with Gasteiger partial charge in [0.05, 0.1) is 11.4 Å². The molecule has 0 radical (unpaired) electrons. The van der Waals surface area contributed by atoms with Crippen molar-refractivity contribution in [3.05, 3.63) is 89.5 Å². The van der Waals surface area contributed by atoms with E-state index in [1.54, 1.807) is 18.2 Å². The van der Waals surface area contributed by atoms with E-state index in [4.69, 9.17) is 9.47 Å². The van der Waals surface area contributed by atoms with Gasteiger partial charge in [0, 0.05) is 25.1 Å². The van der Waals surface area contributed by atoms with Gasteiger partial charge in [-0.15, -0.1) is 0 Å². The Morgan fingerprint density at radius 2 is 1.63 bits per heavy atom. The molecule has 218 valence electrons. The van der Waals surface area contributed by atoms with E-state index in [-0.39, 0.29) is 43.1 Å². The van der Waals surface area contributed by atoms with Crippen molar-refractivity contribution < 1.29 is 27.5 Å². The Hall–Kier alpha value is -4.05. The fourth-order valence-corrected chi connectivity index (χ4v) is 5.76. The fraction of sp³-hybridized carbons (Fsp3) is 0.355. The lowest BCUT2D eigenvalue weighted by molar-refractivity contribution is -0.140. The maximum absolute atomic E-state index is 14.2. The Morgan fingerprint density at radius 3 is 2.32 bits per heavy atom. The van der Waals surface area contributed by atoms with Gasteiger partial charge in [0.2, 0.25) is 28.6 Å². The monoisotopic (exact) mass is 579 g/mol. The number of sulfonamides is 1. The van der Waals surface area contributed by atoms with Crippen molar-refractivity contribution in [3.63, 3.8) is 0 Å². The van der Waals surface area contributed by atoms with Gasteiger partial charge in [0.15, 0.2) is 11.5 Å². The van der Waals surface area contributed by atoms with Crippen LogP contribution >= 0.6 is 0 Å². The molecule has 3 aromatic rings. The van der Waals surface area contributed by atoms with Gasteiger partial charge < -0.3 is 19.7 Å². The minimum atomic E-state index is -3.87. The molecule has 41 heavy (non-hydrogen) atoms. The number of hydrogen-bond acceptors (Lipinski definition) is 6. The molecule has 0 aromatic heterocycles. The lowest BCUT2D eigenvalue weighted by atomic mass is 10.0. The van der Waals surface area contributed by atoms with Crippen LogP contribution in [0.25, 0.3) is 0 Å². The first-order chi connectivity index (χ1) is 19.6. The number of benzene rings is 3. The van der Waals surface area contributed by atoms with E-state index in [1.165, 1.54) is 11.8 Å². The highest BCUT2D eigenvalue weighted by molar-refractivity contribution is 7.92. The molecule has 0 unspecified atom stereocenters. The zero-order chi connectivity index (χ0) is 29.6. The third-order valence-electron chi connectivity index (χ3n) is 6.76. The molecule has 1 aliphatic heterocycles. The first kappa shape index (κ1) is 29.9. The molecule has 0 aliphatic carbocycles. The normalized spacial score (nSPS) is 13.1. The van der Waals surface area contributed by atoms with Crippen molar-refractivity contribution in [2.45, 2.75) is 52.7 Å². The highest BCUT2D eigenvalue weighted by atomic mass is 32.2. The van der Waals surface area contributed by atoms with Crippen LogP contribution in [0.3, 0.4) is 0 Å². The summed E-state index contributed by atoms with van der Waals surface area (Å²) >= 11 is 0. The van der Waals surface area contributed by atoms with Gasteiger partial charge in [0.1, 0.15) is 12.6 Å². The molecular weight excluding hydrogens is 542 g/mol. The summed E-state index contributed by atoms with van der Waals surface area (Å²) in [4.78, 5) is 29.3. The number of carbonyl (C=O) groups excluding carboxylic acids is 2. The first-order valence-electron chi connectivity index (χ1n) is 13.7. The first-order valence-corrected chi connectivity index (χ1v) is 15.3. The molecule has 1 atom stereocenters. The molecule has 2 amide bonds. The molecule has 0 fully saturated rings. The number of aryl methyl sites for hydroxylation is 1. The third-order valence-corrected chi connectivity index (χ3v) is 8.50. The van der Waals surface area contributed by atoms with Gasteiger partial charge in [-0.25, -0.2) is 8.42 Å². The lowest BCUT2D eigenvalue weighted by Crippen LogP contribution is -2.54. The molecule has 4 rings (SSSR count). The van der Waals surface area contributed by atoms with Crippen LogP contribution in [0.4, 0.5) is 5.69 Å². The minimum absolute atomic E-state index is 0.0364. The Balaban J connectivity index is 1.75. The number of anilines is 1. The number of ether oxygens (including phenoxy) is 2. The SMILES string of the molecule is CCS(=O)(=O)N(CC(=O)N(Cc1cccc(C)c1)[C@H](Cc1ccccc1)C(=O)NC(C)C)c1ccc2c(c1)OCO2. The summed E-state index contributed by atoms with van der Waals surface area (Å²) in [5, 5.41) is 2.96. The quantitative estimate of drug-likeness (QED) is 0.347. The maximum atomic E-state index is 14.2. The standard InChI is InChI=1S/C31H37N3O6S/c1-5-41(37,38)34(26-14-15-28-29(18-26)40-21-39-28)20-30(35)33(19-25-13-9-10-23(4)16-25)27(31(36)32-22(2)3)17-24-11-7-6-8-12-24/h6-16,18,22,27H,5,17,19-21H2,1-4H3,(H,32,36)/t27-/m1/s1. The van der Waals surface area contributed by atoms with E-state index in [9.17, 15) is 18.0 Å². The minimum Gasteiger partial charge on any atom is -0.454 e. The Morgan fingerprint density at radius 1 is 0.927 bits per heavy atom. The number of amides is 2. The van der Waals surface area contributed by atoms with Gasteiger partial charge in [-0.3, -0.25) is 13.9 Å². The molecule has 1 N–H and O–H groups in total. The predicted molar refractivity (Wildman–Crippen MR) is 158 cm³/mol. The van der Waals surface area contributed by atoms with Crippen molar-refractivity contribution in [2.75, 3.05) is 23.4 Å². The number of nitrogens with one attached hydrogen (secondary N) is 1. The second-order valence-corrected chi connectivity index (χ2v) is 12.5. The van der Waals surface area contributed by atoms with Gasteiger partial charge in [0.25, 0.3) is 0 Å². The lowest BCUT2D eigenvalue weighted by Gasteiger charge is -2.34. The van der Waals surface area contributed by atoms with Gasteiger partial charge >= 0.3 is 0 Å². The number of carbonyl (C=O) groups is 2.